The Morgan fingerprint density at radius 1 is 1.18 bits per heavy atom. The van der Waals surface area contributed by atoms with Crippen molar-refractivity contribution in [2.24, 2.45) is 5.92 Å². The van der Waals surface area contributed by atoms with E-state index >= 15 is 0 Å². The molecule has 6 nitrogen and oxygen atoms in total. The van der Waals surface area contributed by atoms with Gasteiger partial charge in [-0.3, -0.25) is 14.4 Å². The molecule has 1 atom stereocenters. The van der Waals surface area contributed by atoms with Crippen LogP contribution in [-0.4, -0.2) is 30.9 Å². The zero-order valence-electron chi connectivity index (χ0n) is 15.1. The van der Waals surface area contributed by atoms with E-state index in [9.17, 15) is 14.4 Å². The van der Waals surface area contributed by atoms with Gasteiger partial charge in [-0.2, -0.15) is 0 Å². The summed E-state index contributed by atoms with van der Waals surface area (Å²) in [6, 6.07) is 12.0. The molecule has 2 aromatic rings. The molecule has 0 unspecified atom stereocenters. The number of amides is 2. The van der Waals surface area contributed by atoms with Gasteiger partial charge < -0.3 is 15.0 Å². The summed E-state index contributed by atoms with van der Waals surface area (Å²) in [6.07, 6.45) is 0.0243. The normalized spacial score (nSPS) is 16.2. The number of esters is 1. The predicted molar refractivity (Wildman–Crippen MR) is 108 cm³/mol. The summed E-state index contributed by atoms with van der Waals surface area (Å²) in [5, 5.41) is 3.50. The summed E-state index contributed by atoms with van der Waals surface area (Å²) >= 11 is 12.1. The molecule has 1 heterocycles. The zero-order chi connectivity index (χ0) is 20.3. The predicted octanol–water partition coefficient (Wildman–Crippen LogP) is 3.84. The number of benzene rings is 2. The van der Waals surface area contributed by atoms with E-state index in [0.29, 0.717) is 21.4 Å². The van der Waals surface area contributed by atoms with Crippen LogP contribution >= 0.6 is 23.2 Å². The van der Waals surface area contributed by atoms with Crippen molar-refractivity contribution in [1.82, 2.24) is 0 Å². The van der Waals surface area contributed by atoms with Gasteiger partial charge in [0, 0.05) is 23.7 Å². The molecule has 1 aliphatic heterocycles. The number of aryl methyl sites for hydroxylation is 1. The van der Waals surface area contributed by atoms with Crippen LogP contribution in [0.2, 0.25) is 10.0 Å². The Bertz CT molecular complexity index is 932. The van der Waals surface area contributed by atoms with Crippen molar-refractivity contribution >= 4 is 52.4 Å². The van der Waals surface area contributed by atoms with E-state index in [2.05, 4.69) is 5.32 Å². The maximum absolute atomic E-state index is 12.3. The Kier molecular flexibility index (Phi) is 6.21. The minimum absolute atomic E-state index is 0.0243. The van der Waals surface area contributed by atoms with E-state index in [4.69, 9.17) is 27.9 Å². The van der Waals surface area contributed by atoms with Gasteiger partial charge in [0.2, 0.25) is 5.91 Å². The fourth-order valence-electron chi connectivity index (χ4n) is 2.87. The van der Waals surface area contributed by atoms with E-state index in [-0.39, 0.29) is 18.9 Å². The lowest BCUT2D eigenvalue weighted by Gasteiger charge is -2.17. The van der Waals surface area contributed by atoms with Gasteiger partial charge in [-0.1, -0.05) is 41.4 Å². The number of para-hydroxylation sites is 1. The van der Waals surface area contributed by atoms with Crippen LogP contribution in [0.3, 0.4) is 0 Å². The first kappa shape index (κ1) is 20.2. The number of hydrogen-bond donors (Lipinski definition) is 1. The highest BCUT2D eigenvalue weighted by Crippen LogP contribution is 2.29. The van der Waals surface area contributed by atoms with Crippen molar-refractivity contribution in [2.75, 3.05) is 23.4 Å². The number of halogens is 2. The van der Waals surface area contributed by atoms with Gasteiger partial charge in [0.15, 0.2) is 6.61 Å². The molecule has 0 aromatic heterocycles. The molecular formula is C20H18Cl2N2O4. The molecule has 0 bridgehead atoms. The second-order valence-corrected chi connectivity index (χ2v) is 7.29. The minimum atomic E-state index is -0.638. The number of ether oxygens (including phenoxy) is 1. The summed E-state index contributed by atoms with van der Waals surface area (Å²) in [5.74, 6) is -1.93. The Balaban J connectivity index is 1.55. The fourth-order valence-corrected chi connectivity index (χ4v) is 3.23. The monoisotopic (exact) mass is 420 g/mol. The van der Waals surface area contributed by atoms with Crippen molar-refractivity contribution in [2.45, 2.75) is 13.3 Å². The standard InChI is InChI=1S/C20H18Cl2N2O4/c1-12-6-7-14(9-16(12)22)24-10-13(8-19(24)26)20(27)28-11-18(25)23-17-5-3-2-4-15(17)21/h2-7,9,13H,8,10-11H2,1H3,(H,23,25)/t13-/m1/s1. The summed E-state index contributed by atoms with van der Waals surface area (Å²) in [4.78, 5) is 38.0. The van der Waals surface area contributed by atoms with Crippen molar-refractivity contribution in [1.29, 1.82) is 0 Å². The third-order valence-corrected chi connectivity index (χ3v) is 5.16. The minimum Gasteiger partial charge on any atom is -0.455 e. The van der Waals surface area contributed by atoms with Gasteiger partial charge in [0.05, 0.1) is 16.6 Å². The molecule has 0 saturated carbocycles. The van der Waals surface area contributed by atoms with Gasteiger partial charge in [-0.05, 0) is 36.8 Å². The van der Waals surface area contributed by atoms with Crippen molar-refractivity contribution in [3.8, 4) is 0 Å². The van der Waals surface area contributed by atoms with Crippen LogP contribution in [-0.2, 0) is 19.1 Å². The number of anilines is 2. The van der Waals surface area contributed by atoms with Crippen LogP contribution in [0.4, 0.5) is 11.4 Å². The molecule has 146 valence electrons. The molecule has 0 aliphatic carbocycles. The zero-order valence-corrected chi connectivity index (χ0v) is 16.6. The number of nitrogens with zero attached hydrogens (tertiary/aromatic N) is 1. The molecule has 2 aromatic carbocycles. The van der Waals surface area contributed by atoms with E-state index in [0.717, 1.165) is 5.56 Å². The number of carbonyl (C=O) groups is 3. The number of carbonyl (C=O) groups excluding carboxylic acids is 3. The molecule has 1 fully saturated rings. The van der Waals surface area contributed by atoms with Gasteiger partial charge in [0.1, 0.15) is 0 Å². The largest absolute Gasteiger partial charge is 0.455 e. The first-order valence-corrected chi connectivity index (χ1v) is 9.38. The third-order valence-electron chi connectivity index (χ3n) is 4.42. The molecule has 0 spiro atoms. The van der Waals surface area contributed by atoms with Crippen LogP contribution in [0.1, 0.15) is 12.0 Å². The van der Waals surface area contributed by atoms with E-state index < -0.39 is 24.4 Å². The number of hydrogen-bond acceptors (Lipinski definition) is 4. The average molecular weight is 421 g/mol. The molecule has 1 saturated heterocycles. The highest BCUT2D eigenvalue weighted by Gasteiger charge is 2.36. The van der Waals surface area contributed by atoms with Gasteiger partial charge in [-0.25, -0.2) is 0 Å². The molecule has 3 rings (SSSR count). The maximum atomic E-state index is 12.3. The van der Waals surface area contributed by atoms with Crippen molar-refractivity contribution in [3.63, 3.8) is 0 Å². The molecule has 2 amide bonds. The first-order valence-electron chi connectivity index (χ1n) is 8.62. The van der Waals surface area contributed by atoms with E-state index in [1.54, 1.807) is 36.4 Å². The topological polar surface area (TPSA) is 75.7 Å². The van der Waals surface area contributed by atoms with Crippen molar-refractivity contribution < 1.29 is 19.1 Å². The molecule has 1 aliphatic rings. The summed E-state index contributed by atoms with van der Waals surface area (Å²) in [5.41, 5.74) is 1.97. The van der Waals surface area contributed by atoms with Gasteiger partial charge >= 0.3 is 5.97 Å². The molecule has 1 N–H and O–H groups in total. The second-order valence-electron chi connectivity index (χ2n) is 6.47. The highest BCUT2D eigenvalue weighted by molar-refractivity contribution is 6.33. The quantitative estimate of drug-likeness (QED) is 0.745. The SMILES string of the molecule is Cc1ccc(N2C[C@H](C(=O)OCC(=O)Nc3ccccc3Cl)CC2=O)cc1Cl. The molecule has 28 heavy (non-hydrogen) atoms. The molecule has 0 radical (unpaired) electrons. The van der Waals surface area contributed by atoms with Crippen LogP contribution in [0, 0.1) is 12.8 Å². The van der Waals surface area contributed by atoms with Gasteiger partial charge in [-0.15, -0.1) is 0 Å². The van der Waals surface area contributed by atoms with Crippen LogP contribution in [0.25, 0.3) is 0 Å². The average Bonchev–Trinajstić information content (AvgIpc) is 3.06. The van der Waals surface area contributed by atoms with E-state index in [1.165, 1.54) is 4.90 Å². The Morgan fingerprint density at radius 2 is 1.93 bits per heavy atom. The first-order chi connectivity index (χ1) is 13.3. The lowest BCUT2D eigenvalue weighted by molar-refractivity contribution is -0.151. The number of nitrogens with one attached hydrogen (secondary N) is 1. The summed E-state index contributed by atoms with van der Waals surface area (Å²) < 4.78 is 5.08. The van der Waals surface area contributed by atoms with Crippen LogP contribution in [0.15, 0.2) is 42.5 Å². The number of rotatable bonds is 5. The van der Waals surface area contributed by atoms with Crippen LogP contribution < -0.4 is 10.2 Å². The second kappa shape index (κ2) is 8.63. The Morgan fingerprint density at radius 3 is 2.64 bits per heavy atom. The maximum Gasteiger partial charge on any atom is 0.311 e. The Labute approximate surface area is 172 Å². The summed E-state index contributed by atoms with van der Waals surface area (Å²) in [6.45, 7) is 1.60. The highest BCUT2D eigenvalue weighted by atomic mass is 35.5. The lowest BCUT2D eigenvalue weighted by atomic mass is 10.1. The molecule has 8 heteroatoms. The third kappa shape index (κ3) is 4.64. The smallest absolute Gasteiger partial charge is 0.311 e. The van der Waals surface area contributed by atoms with Crippen molar-refractivity contribution in [3.05, 3.63) is 58.1 Å². The summed E-state index contributed by atoms with van der Waals surface area (Å²) in [7, 11) is 0. The van der Waals surface area contributed by atoms with E-state index in [1.807, 2.05) is 13.0 Å². The fraction of sp³-hybridized carbons (Fsp3) is 0.250. The van der Waals surface area contributed by atoms with Crippen LogP contribution in [0.5, 0.6) is 0 Å². The van der Waals surface area contributed by atoms with Gasteiger partial charge in [0.25, 0.3) is 5.91 Å². The lowest BCUT2D eigenvalue weighted by Crippen LogP contribution is -2.28. The molecular weight excluding hydrogens is 403 g/mol. The Hall–Kier alpha value is -2.57.